The Morgan fingerprint density at radius 3 is 2.17 bits per heavy atom. The highest BCUT2D eigenvalue weighted by Crippen LogP contribution is 2.38. The summed E-state index contributed by atoms with van der Waals surface area (Å²) in [5.41, 5.74) is 11.5. The maximum Gasteiger partial charge on any atom is 0.255 e. The minimum Gasteiger partial charge on any atom is -0.493 e. The van der Waals surface area contributed by atoms with Crippen LogP contribution < -0.4 is 25.7 Å². The molecule has 1 aromatic carbocycles. The van der Waals surface area contributed by atoms with E-state index in [2.05, 4.69) is 0 Å². The highest BCUT2D eigenvalue weighted by molar-refractivity contribution is 5.75. The first-order valence-corrected chi connectivity index (χ1v) is 5.48. The number of carbonyl (C=O) groups is 1. The number of benzene rings is 1. The second kappa shape index (κ2) is 6.70. The molecule has 0 spiro atoms. The quantitative estimate of drug-likeness (QED) is 0.717. The average molecular weight is 254 g/mol. The van der Waals surface area contributed by atoms with Crippen LogP contribution in [-0.4, -0.2) is 33.3 Å². The molecular weight excluding hydrogens is 236 g/mol. The van der Waals surface area contributed by atoms with Crippen LogP contribution in [0.25, 0.3) is 0 Å². The van der Waals surface area contributed by atoms with Gasteiger partial charge in [0.2, 0.25) is 5.75 Å². The Bertz CT molecular complexity index is 396. The van der Waals surface area contributed by atoms with Gasteiger partial charge < -0.3 is 25.7 Å². The van der Waals surface area contributed by atoms with E-state index in [9.17, 15) is 4.79 Å². The molecule has 4 N–H and O–H groups in total. The van der Waals surface area contributed by atoms with Crippen molar-refractivity contribution in [2.75, 3.05) is 27.4 Å². The van der Waals surface area contributed by atoms with Crippen molar-refractivity contribution in [1.82, 2.24) is 0 Å². The van der Waals surface area contributed by atoms with Crippen LogP contribution in [0.2, 0.25) is 0 Å². The van der Waals surface area contributed by atoms with E-state index in [-0.39, 0.29) is 6.61 Å². The number of nitrogens with two attached hydrogens (primary N) is 2. The molecule has 0 saturated heterocycles. The summed E-state index contributed by atoms with van der Waals surface area (Å²) in [6.45, 7) is 0.288. The summed E-state index contributed by atoms with van der Waals surface area (Å²) in [7, 11) is 3.02. The van der Waals surface area contributed by atoms with Gasteiger partial charge in [0.25, 0.3) is 5.91 Å². The van der Waals surface area contributed by atoms with Gasteiger partial charge in [-0.2, -0.15) is 0 Å². The zero-order valence-corrected chi connectivity index (χ0v) is 10.6. The third-order valence-electron chi connectivity index (χ3n) is 2.31. The molecule has 0 saturated carbocycles. The molecule has 0 aliphatic heterocycles. The summed E-state index contributed by atoms with van der Waals surface area (Å²) >= 11 is 0. The third kappa shape index (κ3) is 3.53. The summed E-state index contributed by atoms with van der Waals surface area (Å²) in [5.74, 6) is 0.766. The average Bonchev–Trinajstić information content (AvgIpc) is 2.36. The van der Waals surface area contributed by atoms with Crippen molar-refractivity contribution in [2.45, 2.75) is 6.42 Å². The van der Waals surface area contributed by atoms with Crippen LogP contribution in [0.1, 0.15) is 5.56 Å². The Hall–Kier alpha value is -1.95. The second-order valence-corrected chi connectivity index (χ2v) is 3.62. The fraction of sp³-hybridized carbons (Fsp3) is 0.417. The molecule has 18 heavy (non-hydrogen) atoms. The van der Waals surface area contributed by atoms with Gasteiger partial charge in [0.1, 0.15) is 0 Å². The molecule has 0 radical (unpaired) electrons. The van der Waals surface area contributed by atoms with Crippen molar-refractivity contribution < 1.29 is 19.0 Å². The third-order valence-corrected chi connectivity index (χ3v) is 2.31. The van der Waals surface area contributed by atoms with Gasteiger partial charge in [0, 0.05) is 0 Å². The van der Waals surface area contributed by atoms with E-state index in [1.54, 1.807) is 12.1 Å². The standard InChI is InChI=1S/C12H18N2O4/c1-16-9-5-8(3-4-13)6-10(17-2)12(9)18-7-11(14)15/h5-6H,3-4,7,13H2,1-2H3,(H2,14,15). The molecule has 6 heteroatoms. The van der Waals surface area contributed by atoms with Crippen molar-refractivity contribution in [2.24, 2.45) is 11.5 Å². The summed E-state index contributed by atoms with van der Waals surface area (Å²) < 4.78 is 15.7. The molecule has 0 aromatic heterocycles. The normalized spacial score (nSPS) is 9.94. The molecule has 0 aliphatic rings. The van der Waals surface area contributed by atoms with E-state index in [0.717, 1.165) is 5.56 Å². The monoisotopic (exact) mass is 254 g/mol. The minimum absolute atomic E-state index is 0.233. The number of primary amides is 1. The van der Waals surface area contributed by atoms with E-state index < -0.39 is 5.91 Å². The van der Waals surface area contributed by atoms with Crippen LogP contribution in [0.4, 0.5) is 0 Å². The van der Waals surface area contributed by atoms with Gasteiger partial charge in [-0.3, -0.25) is 4.79 Å². The number of ether oxygens (including phenoxy) is 3. The van der Waals surface area contributed by atoms with Gasteiger partial charge in [0.05, 0.1) is 14.2 Å². The first kappa shape index (κ1) is 14.1. The van der Waals surface area contributed by atoms with Gasteiger partial charge in [-0.15, -0.1) is 0 Å². The molecule has 0 bridgehead atoms. The molecule has 1 aromatic rings. The maximum atomic E-state index is 10.7. The van der Waals surface area contributed by atoms with Gasteiger partial charge in [-0.25, -0.2) is 0 Å². The molecule has 6 nitrogen and oxygen atoms in total. The number of carbonyl (C=O) groups excluding carboxylic acids is 1. The number of hydrogen-bond acceptors (Lipinski definition) is 5. The lowest BCUT2D eigenvalue weighted by Gasteiger charge is -2.15. The predicted octanol–water partition coefficient (Wildman–Crippen LogP) is 0.0691. The van der Waals surface area contributed by atoms with E-state index in [1.165, 1.54) is 14.2 Å². The lowest BCUT2D eigenvalue weighted by atomic mass is 10.1. The highest BCUT2D eigenvalue weighted by atomic mass is 16.5. The van der Waals surface area contributed by atoms with Gasteiger partial charge in [0.15, 0.2) is 18.1 Å². The van der Waals surface area contributed by atoms with Crippen molar-refractivity contribution in [3.63, 3.8) is 0 Å². The first-order valence-electron chi connectivity index (χ1n) is 5.48. The van der Waals surface area contributed by atoms with Crippen LogP contribution >= 0.6 is 0 Å². The largest absolute Gasteiger partial charge is 0.493 e. The Morgan fingerprint density at radius 1 is 1.22 bits per heavy atom. The molecule has 1 amide bonds. The molecule has 0 heterocycles. The zero-order chi connectivity index (χ0) is 13.5. The topological polar surface area (TPSA) is 96.8 Å². The summed E-state index contributed by atoms with van der Waals surface area (Å²) in [5, 5.41) is 0. The summed E-state index contributed by atoms with van der Waals surface area (Å²) in [6, 6.07) is 3.59. The fourth-order valence-electron chi connectivity index (χ4n) is 1.53. The van der Waals surface area contributed by atoms with Crippen LogP contribution in [0, 0.1) is 0 Å². The molecule has 0 unspecified atom stereocenters. The van der Waals surface area contributed by atoms with E-state index in [1.807, 2.05) is 0 Å². The summed E-state index contributed by atoms with van der Waals surface area (Å²) in [4.78, 5) is 10.7. The predicted molar refractivity (Wildman–Crippen MR) is 67.0 cm³/mol. The van der Waals surface area contributed by atoms with E-state index >= 15 is 0 Å². The molecule has 0 fully saturated rings. The second-order valence-electron chi connectivity index (χ2n) is 3.62. The Morgan fingerprint density at radius 2 is 1.78 bits per heavy atom. The zero-order valence-electron chi connectivity index (χ0n) is 10.6. The lowest BCUT2D eigenvalue weighted by Crippen LogP contribution is -2.20. The molecular formula is C12H18N2O4. The van der Waals surface area contributed by atoms with Gasteiger partial charge >= 0.3 is 0 Å². The van der Waals surface area contributed by atoms with Crippen molar-refractivity contribution >= 4 is 5.91 Å². The maximum absolute atomic E-state index is 10.7. The molecule has 0 atom stereocenters. The van der Waals surface area contributed by atoms with E-state index in [4.69, 9.17) is 25.7 Å². The Labute approximate surface area is 106 Å². The minimum atomic E-state index is -0.565. The molecule has 100 valence electrons. The number of amides is 1. The Kier molecular flexibility index (Phi) is 5.26. The highest BCUT2D eigenvalue weighted by Gasteiger charge is 2.14. The van der Waals surface area contributed by atoms with E-state index in [0.29, 0.717) is 30.2 Å². The first-order chi connectivity index (χ1) is 8.62. The van der Waals surface area contributed by atoms with Crippen LogP contribution in [0.15, 0.2) is 12.1 Å². The molecule has 0 aliphatic carbocycles. The fourth-order valence-corrected chi connectivity index (χ4v) is 1.53. The van der Waals surface area contributed by atoms with Crippen LogP contribution in [-0.2, 0) is 11.2 Å². The number of hydrogen-bond donors (Lipinski definition) is 2. The smallest absolute Gasteiger partial charge is 0.255 e. The number of methoxy groups -OCH3 is 2. The van der Waals surface area contributed by atoms with Crippen molar-refractivity contribution in [3.05, 3.63) is 17.7 Å². The number of rotatable bonds is 7. The SMILES string of the molecule is COc1cc(CCN)cc(OC)c1OCC(N)=O. The van der Waals surface area contributed by atoms with Crippen LogP contribution in [0.5, 0.6) is 17.2 Å². The van der Waals surface area contributed by atoms with Crippen LogP contribution in [0.3, 0.4) is 0 Å². The van der Waals surface area contributed by atoms with Crippen molar-refractivity contribution in [3.8, 4) is 17.2 Å². The lowest BCUT2D eigenvalue weighted by molar-refractivity contribution is -0.119. The van der Waals surface area contributed by atoms with Gasteiger partial charge in [-0.1, -0.05) is 0 Å². The molecule has 1 rings (SSSR count). The van der Waals surface area contributed by atoms with Gasteiger partial charge in [-0.05, 0) is 30.7 Å². The summed E-state index contributed by atoms with van der Waals surface area (Å²) in [6.07, 6.45) is 0.697. The van der Waals surface area contributed by atoms with Crippen molar-refractivity contribution in [1.29, 1.82) is 0 Å². The Balaban J connectivity index is 3.08.